The van der Waals surface area contributed by atoms with Crippen molar-refractivity contribution in [1.29, 1.82) is 5.41 Å². The van der Waals surface area contributed by atoms with Gasteiger partial charge in [0.05, 0.1) is 0 Å². The maximum Gasteiger partial charge on any atom is 0.124 e. The molecule has 4 nitrogen and oxygen atoms in total. The summed E-state index contributed by atoms with van der Waals surface area (Å²) in [5.74, 6) is -0.392. The lowest BCUT2D eigenvalue weighted by Crippen LogP contribution is -2.36. The minimum Gasteiger partial charge on any atom is -0.384 e. The predicted molar refractivity (Wildman–Crippen MR) is 81.9 cm³/mol. The van der Waals surface area contributed by atoms with Crippen LogP contribution >= 0.6 is 0 Å². The van der Waals surface area contributed by atoms with E-state index in [-0.39, 0.29) is 11.7 Å². The normalized spacial score (nSPS) is 26.8. The van der Waals surface area contributed by atoms with Gasteiger partial charge in [-0.15, -0.1) is 0 Å². The first-order chi connectivity index (χ1) is 10.0. The van der Waals surface area contributed by atoms with Crippen LogP contribution in [0.1, 0.15) is 30.4 Å². The van der Waals surface area contributed by atoms with Crippen LogP contribution in [0.25, 0.3) is 0 Å². The summed E-state index contributed by atoms with van der Waals surface area (Å²) in [4.78, 5) is 4.91. The third kappa shape index (κ3) is 3.09. The molecule has 0 spiro atoms. The average molecular weight is 290 g/mol. The van der Waals surface area contributed by atoms with Crippen LogP contribution in [0.15, 0.2) is 18.2 Å². The van der Waals surface area contributed by atoms with Crippen LogP contribution in [0, 0.1) is 11.2 Å². The van der Waals surface area contributed by atoms with E-state index in [1.807, 2.05) is 6.07 Å². The van der Waals surface area contributed by atoms with E-state index in [0.717, 1.165) is 25.2 Å². The lowest BCUT2D eigenvalue weighted by molar-refractivity contribution is 0.214. The van der Waals surface area contributed by atoms with E-state index in [4.69, 9.17) is 11.1 Å². The van der Waals surface area contributed by atoms with Gasteiger partial charge in [-0.25, -0.2) is 4.39 Å². The first-order valence-electron chi connectivity index (χ1n) is 7.61. The van der Waals surface area contributed by atoms with Gasteiger partial charge in [0.25, 0.3) is 0 Å². The molecule has 114 valence electrons. The van der Waals surface area contributed by atoms with Crippen molar-refractivity contribution in [3.63, 3.8) is 0 Å². The van der Waals surface area contributed by atoms with Crippen molar-refractivity contribution in [3.05, 3.63) is 35.1 Å². The van der Waals surface area contributed by atoms with Gasteiger partial charge in [-0.2, -0.15) is 0 Å². The molecule has 2 saturated heterocycles. The van der Waals surface area contributed by atoms with E-state index in [9.17, 15) is 4.39 Å². The third-order valence-corrected chi connectivity index (χ3v) is 4.91. The van der Waals surface area contributed by atoms with Crippen molar-refractivity contribution in [2.45, 2.75) is 37.9 Å². The van der Waals surface area contributed by atoms with Crippen molar-refractivity contribution in [2.75, 3.05) is 20.1 Å². The lowest BCUT2D eigenvalue weighted by Gasteiger charge is -2.25. The van der Waals surface area contributed by atoms with Gasteiger partial charge in [-0.05, 0) is 50.1 Å². The Bertz CT molecular complexity index is 545. The molecule has 2 fully saturated rings. The summed E-state index contributed by atoms with van der Waals surface area (Å²) >= 11 is 0. The second-order valence-electron chi connectivity index (χ2n) is 6.34. The Morgan fingerprint density at radius 3 is 2.81 bits per heavy atom. The molecule has 5 heteroatoms. The Hall–Kier alpha value is -1.46. The predicted octanol–water partition coefficient (Wildman–Crippen LogP) is 1.78. The molecule has 0 amide bonds. The molecule has 2 aliphatic heterocycles. The maximum atomic E-state index is 13.7. The molecule has 0 radical (unpaired) electrons. The van der Waals surface area contributed by atoms with Crippen LogP contribution in [0.3, 0.4) is 0 Å². The zero-order valence-corrected chi connectivity index (χ0v) is 12.5. The molecule has 2 unspecified atom stereocenters. The second kappa shape index (κ2) is 5.73. The van der Waals surface area contributed by atoms with Gasteiger partial charge in [0, 0.05) is 37.3 Å². The van der Waals surface area contributed by atoms with Crippen molar-refractivity contribution in [2.24, 2.45) is 5.73 Å². The van der Waals surface area contributed by atoms with Gasteiger partial charge in [0.2, 0.25) is 0 Å². The van der Waals surface area contributed by atoms with Crippen LogP contribution in [0.2, 0.25) is 0 Å². The molecule has 0 saturated carbocycles. The first-order valence-corrected chi connectivity index (χ1v) is 7.61. The number of likely N-dealkylation sites (tertiary alicyclic amines) is 1. The Kier molecular flexibility index (Phi) is 3.95. The molecule has 1 aromatic rings. The minimum atomic E-state index is -0.314. The largest absolute Gasteiger partial charge is 0.384 e. The number of hydrogen-bond acceptors (Lipinski definition) is 3. The number of nitrogens with two attached hydrogens (primary N) is 1. The number of fused-ring (bicyclic) bond motifs is 2. The second-order valence-corrected chi connectivity index (χ2v) is 6.34. The maximum absolute atomic E-state index is 13.7. The number of likely N-dealkylation sites (N-methyl/N-ethyl adjacent to an activating group) is 1. The van der Waals surface area contributed by atoms with Gasteiger partial charge < -0.3 is 5.73 Å². The van der Waals surface area contributed by atoms with Gasteiger partial charge in [-0.3, -0.25) is 15.2 Å². The summed E-state index contributed by atoms with van der Waals surface area (Å²) in [5.41, 5.74) is 6.85. The first kappa shape index (κ1) is 14.5. The van der Waals surface area contributed by atoms with Crippen molar-refractivity contribution in [3.8, 4) is 0 Å². The fourth-order valence-corrected chi connectivity index (χ4v) is 3.68. The number of nitrogens with one attached hydrogen (secondary N) is 1. The number of nitrogens with zero attached hydrogens (tertiary/aromatic N) is 2. The number of nitrogen functional groups attached to an aromatic ring is 1. The topological polar surface area (TPSA) is 56.4 Å². The minimum absolute atomic E-state index is 0.0783. The van der Waals surface area contributed by atoms with Crippen LogP contribution in [-0.4, -0.2) is 47.9 Å². The summed E-state index contributed by atoms with van der Waals surface area (Å²) in [6.07, 6.45) is 3.75. The van der Waals surface area contributed by atoms with E-state index in [0.29, 0.717) is 17.6 Å². The fourth-order valence-electron chi connectivity index (χ4n) is 3.68. The monoisotopic (exact) mass is 290 g/mol. The van der Waals surface area contributed by atoms with Crippen LogP contribution < -0.4 is 5.73 Å². The van der Waals surface area contributed by atoms with E-state index < -0.39 is 0 Å². The molecular weight excluding hydrogens is 267 g/mol. The molecule has 0 aromatic heterocycles. The molecule has 3 N–H and O–H groups in total. The number of amidine groups is 1. The van der Waals surface area contributed by atoms with E-state index in [1.54, 1.807) is 6.07 Å². The molecular formula is C16H23FN4. The Morgan fingerprint density at radius 1 is 1.29 bits per heavy atom. The SMILES string of the molecule is CN1C2CCC1CN(Cc1cc(F)cc(C(=N)N)c1)CC2. The number of benzene rings is 1. The van der Waals surface area contributed by atoms with Crippen LogP contribution in [0.5, 0.6) is 0 Å². The Balaban J connectivity index is 1.73. The molecule has 21 heavy (non-hydrogen) atoms. The molecule has 2 bridgehead atoms. The Labute approximate surface area is 125 Å². The van der Waals surface area contributed by atoms with Crippen molar-refractivity contribution >= 4 is 5.84 Å². The van der Waals surface area contributed by atoms with Crippen LogP contribution in [-0.2, 0) is 6.54 Å². The van der Waals surface area contributed by atoms with Gasteiger partial charge in [0.1, 0.15) is 11.7 Å². The summed E-state index contributed by atoms with van der Waals surface area (Å²) in [6, 6.07) is 6.04. The number of halogens is 1. The molecule has 2 atom stereocenters. The third-order valence-electron chi connectivity index (χ3n) is 4.91. The van der Waals surface area contributed by atoms with Gasteiger partial charge in [0.15, 0.2) is 0 Å². The van der Waals surface area contributed by atoms with E-state index in [2.05, 4.69) is 16.8 Å². The summed E-state index contributed by atoms with van der Waals surface area (Å²) in [7, 11) is 2.22. The van der Waals surface area contributed by atoms with Crippen molar-refractivity contribution < 1.29 is 4.39 Å². The molecule has 1 aromatic carbocycles. The molecule has 2 heterocycles. The highest BCUT2D eigenvalue weighted by Crippen LogP contribution is 2.29. The van der Waals surface area contributed by atoms with Crippen LogP contribution in [0.4, 0.5) is 4.39 Å². The highest BCUT2D eigenvalue weighted by Gasteiger charge is 2.34. The van der Waals surface area contributed by atoms with Gasteiger partial charge in [-0.1, -0.05) is 0 Å². The quantitative estimate of drug-likeness (QED) is 0.659. The Morgan fingerprint density at radius 2 is 2.05 bits per heavy atom. The van der Waals surface area contributed by atoms with E-state index in [1.165, 1.54) is 25.3 Å². The van der Waals surface area contributed by atoms with E-state index >= 15 is 0 Å². The lowest BCUT2D eigenvalue weighted by atomic mass is 10.1. The zero-order chi connectivity index (χ0) is 15.0. The van der Waals surface area contributed by atoms with Gasteiger partial charge >= 0.3 is 0 Å². The molecule has 2 aliphatic rings. The van der Waals surface area contributed by atoms with Crippen molar-refractivity contribution in [1.82, 2.24) is 9.80 Å². The number of rotatable bonds is 3. The molecule has 0 aliphatic carbocycles. The average Bonchev–Trinajstić information content (AvgIpc) is 2.66. The highest BCUT2D eigenvalue weighted by molar-refractivity contribution is 5.95. The highest BCUT2D eigenvalue weighted by atomic mass is 19.1. The smallest absolute Gasteiger partial charge is 0.124 e. The summed E-state index contributed by atoms with van der Waals surface area (Å²) in [6.45, 7) is 2.82. The fraction of sp³-hybridized carbons (Fsp3) is 0.562. The summed E-state index contributed by atoms with van der Waals surface area (Å²) < 4.78 is 13.7. The summed E-state index contributed by atoms with van der Waals surface area (Å²) in [5, 5.41) is 7.47. The molecule has 3 rings (SSSR count). The zero-order valence-electron chi connectivity index (χ0n) is 12.5. The standard InChI is InChI=1S/C16H23FN4/c1-20-14-2-3-15(20)10-21(5-4-14)9-11-6-12(16(18)19)8-13(17)7-11/h6-8,14-15H,2-5,9-10H2,1H3,(H3,18,19). The number of hydrogen-bond donors (Lipinski definition) is 2.